The highest BCUT2D eigenvalue weighted by molar-refractivity contribution is 9.10. The monoisotopic (exact) mass is 310 g/mol. The predicted molar refractivity (Wildman–Crippen MR) is 71.1 cm³/mol. The molecular formula is C13H8BrClO2. The van der Waals surface area contributed by atoms with E-state index < -0.39 is 0 Å². The fraction of sp³-hybridized carbons (Fsp3) is 0. The molecule has 0 aromatic heterocycles. The SMILES string of the molecule is O=Cc1cc(Cl)ccc1Oc1ccc(Br)cc1. The van der Waals surface area contributed by atoms with Crippen molar-refractivity contribution in [3.05, 3.63) is 57.5 Å². The number of aldehydes is 1. The summed E-state index contributed by atoms with van der Waals surface area (Å²) >= 11 is 9.14. The average molecular weight is 312 g/mol. The second kappa shape index (κ2) is 5.34. The number of ether oxygens (including phenoxy) is 1. The van der Waals surface area contributed by atoms with Crippen LogP contribution in [-0.4, -0.2) is 6.29 Å². The minimum absolute atomic E-state index is 0.431. The molecular weight excluding hydrogens is 303 g/mol. The van der Waals surface area contributed by atoms with Gasteiger partial charge < -0.3 is 4.74 Å². The quantitative estimate of drug-likeness (QED) is 0.768. The normalized spacial score (nSPS) is 10.0. The summed E-state index contributed by atoms with van der Waals surface area (Å²) in [6.07, 6.45) is 0.722. The highest BCUT2D eigenvalue weighted by atomic mass is 79.9. The van der Waals surface area contributed by atoms with E-state index in [-0.39, 0.29) is 0 Å². The van der Waals surface area contributed by atoms with Crippen LogP contribution in [-0.2, 0) is 0 Å². The molecule has 0 radical (unpaired) electrons. The van der Waals surface area contributed by atoms with Gasteiger partial charge >= 0.3 is 0 Å². The van der Waals surface area contributed by atoms with E-state index in [1.165, 1.54) is 0 Å². The van der Waals surface area contributed by atoms with Gasteiger partial charge in [-0.25, -0.2) is 0 Å². The molecule has 0 aliphatic heterocycles. The van der Waals surface area contributed by atoms with Crippen molar-refractivity contribution in [2.75, 3.05) is 0 Å². The van der Waals surface area contributed by atoms with Crippen molar-refractivity contribution in [2.24, 2.45) is 0 Å². The standard InChI is InChI=1S/C13H8BrClO2/c14-10-1-4-12(5-2-10)17-13-6-3-11(15)7-9(13)8-16/h1-8H. The van der Waals surface area contributed by atoms with Crippen molar-refractivity contribution >= 4 is 33.8 Å². The summed E-state index contributed by atoms with van der Waals surface area (Å²) in [6.45, 7) is 0. The van der Waals surface area contributed by atoms with Gasteiger partial charge in [-0.1, -0.05) is 27.5 Å². The van der Waals surface area contributed by atoms with Crippen molar-refractivity contribution in [1.82, 2.24) is 0 Å². The lowest BCUT2D eigenvalue weighted by molar-refractivity contribution is 0.112. The zero-order valence-electron chi connectivity index (χ0n) is 8.69. The molecule has 0 unspecified atom stereocenters. The predicted octanol–water partition coefficient (Wildman–Crippen LogP) is 4.71. The minimum atomic E-state index is 0.431. The van der Waals surface area contributed by atoms with E-state index in [9.17, 15) is 4.79 Å². The largest absolute Gasteiger partial charge is 0.457 e. The Labute approximate surface area is 112 Å². The second-order valence-corrected chi connectivity index (χ2v) is 4.71. The van der Waals surface area contributed by atoms with Crippen LogP contribution in [0.2, 0.25) is 5.02 Å². The molecule has 0 saturated heterocycles. The van der Waals surface area contributed by atoms with Crippen LogP contribution in [0.15, 0.2) is 46.9 Å². The van der Waals surface area contributed by atoms with Gasteiger partial charge in [-0.15, -0.1) is 0 Å². The van der Waals surface area contributed by atoms with Gasteiger partial charge in [0, 0.05) is 9.50 Å². The summed E-state index contributed by atoms with van der Waals surface area (Å²) < 4.78 is 6.57. The number of rotatable bonds is 3. The number of carbonyl (C=O) groups excluding carboxylic acids is 1. The first-order valence-corrected chi connectivity index (χ1v) is 6.04. The maximum Gasteiger partial charge on any atom is 0.153 e. The van der Waals surface area contributed by atoms with Crippen molar-refractivity contribution in [3.63, 3.8) is 0 Å². The van der Waals surface area contributed by atoms with Gasteiger partial charge in [0.25, 0.3) is 0 Å². The molecule has 0 fully saturated rings. The molecule has 2 aromatic rings. The Morgan fingerprint density at radius 3 is 2.47 bits per heavy atom. The molecule has 0 amide bonds. The molecule has 2 nitrogen and oxygen atoms in total. The van der Waals surface area contributed by atoms with Gasteiger partial charge in [-0.2, -0.15) is 0 Å². The van der Waals surface area contributed by atoms with Gasteiger partial charge in [0.05, 0.1) is 5.56 Å². The van der Waals surface area contributed by atoms with E-state index in [1.54, 1.807) is 18.2 Å². The Bertz CT molecular complexity index is 538. The van der Waals surface area contributed by atoms with Crippen LogP contribution in [0.3, 0.4) is 0 Å². The molecule has 0 bridgehead atoms. The van der Waals surface area contributed by atoms with Crippen LogP contribution in [0.5, 0.6) is 11.5 Å². The van der Waals surface area contributed by atoms with E-state index in [0.717, 1.165) is 10.8 Å². The Morgan fingerprint density at radius 2 is 1.82 bits per heavy atom. The lowest BCUT2D eigenvalue weighted by Crippen LogP contribution is -1.90. The fourth-order valence-electron chi connectivity index (χ4n) is 1.33. The molecule has 0 atom stereocenters. The van der Waals surface area contributed by atoms with E-state index in [4.69, 9.17) is 16.3 Å². The third-order valence-corrected chi connectivity index (χ3v) is 2.90. The van der Waals surface area contributed by atoms with Crippen LogP contribution in [0, 0.1) is 0 Å². The summed E-state index contributed by atoms with van der Waals surface area (Å²) in [6, 6.07) is 12.3. The Balaban J connectivity index is 2.29. The first kappa shape index (κ1) is 12.1. The van der Waals surface area contributed by atoms with Crippen LogP contribution in [0.4, 0.5) is 0 Å². The Kier molecular flexibility index (Phi) is 3.82. The van der Waals surface area contributed by atoms with Crippen LogP contribution in [0.25, 0.3) is 0 Å². The zero-order chi connectivity index (χ0) is 12.3. The van der Waals surface area contributed by atoms with Gasteiger partial charge in [-0.3, -0.25) is 4.79 Å². The molecule has 2 aromatic carbocycles. The maximum atomic E-state index is 10.9. The Morgan fingerprint density at radius 1 is 1.12 bits per heavy atom. The number of halogens is 2. The van der Waals surface area contributed by atoms with Crippen LogP contribution in [0.1, 0.15) is 10.4 Å². The fourth-order valence-corrected chi connectivity index (χ4v) is 1.78. The molecule has 0 aliphatic carbocycles. The topological polar surface area (TPSA) is 26.3 Å². The molecule has 0 heterocycles. The third-order valence-electron chi connectivity index (χ3n) is 2.14. The van der Waals surface area contributed by atoms with E-state index >= 15 is 0 Å². The lowest BCUT2D eigenvalue weighted by Gasteiger charge is -2.08. The molecule has 0 saturated carbocycles. The lowest BCUT2D eigenvalue weighted by atomic mass is 10.2. The second-order valence-electron chi connectivity index (χ2n) is 3.36. The van der Waals surface area contributed by atoms with Crippen molar-refractivity contribution in [1.29, 1.82) is 0 Å². The molecule has 0 N–H and O–H groups in total. The first-order valence-electron chi connectivity index (χ1n) is 4.87. The number of carbonyl (C=O) groups is 1. The van der Waals surface area contributed by atoms with Gasteiger partial charge in [0.2, 0.25) is 0 Å². The van der Waals surface area contributed by atoms with Gasteiger partial charge in [0.1, 0.15) is 11.5 Å². The summed E-state index contributed by atoms with van der Waals surface area (Å²) in [7, 11) is 0. The minimum Gasteiger partial charge on any atom is -0.457 e. The van der Waals surface area contributed by atoms with Crippen molar-refractivity contribution in [3.8, 4) is 11.5 Å². The molecule has 17 heavy (non-hydrogen) atoms. The van der Waals surface area contributed by atoms with Crippen molar-refractivity contribution in [2.45, 2.75) is 0 Å². The molecule has 0 spiro atoms. The zero-order valence-corrected chi connectivity index (χ0v) is 11.0. The van der Waals surface area contributed by atoms with Crippen LogP contribution >= 0.6 is 27.5 Å². The van der Waals surface area contributed by atoms with Gasteiger partial charge in [0.15, 0.2) is 6.29 Å². The molecule has 0 aliphatic rings. The number of benzene rings is 2. The smallest absolute Gasteiger partial charge is 0.153 e. The first-order chi connectivity index (χ1) is 8.19. The highest BCUT2D eigenvalue weighted by Gasteiger charge is 2.05. The van der Waals surface area contributed by atoms with E-state index in [2.05, 4.69) is 15.9 Å². The number of hydrogen-bond donors (Lipinski definition) is 0. The van der Waals surface area contributed by atoms with Gasteiger partial charge in [-0.05, 0) is 42.5 Å². The molecule has 4 heteroatoms. The van der Waals surface area contributed by atoms with E-state index in [0.29, 0.717) is 22.1 Å². The molecule has 86 valence electrons. The summed E-state index contributed by atoms with van der Waals surface area (Å²) in [5.41, 5.74) is 0.431. The average Bonchev–Trinajstić information content (AvgIpc) is 2.34. The highest BCUT2D eigenvalue weighted by Crippen LogP contribution is 2.27. The van der Waals surface area contributed by atoms with E-state index in [1.807, 2.05) is 24.3 Å². The molecule has 2 rings (SSSR count). The van der Waals surface area contributed by atoms with Crippen LogP contribution < -0.4 is 4.74 Å². The number of hydrogen-bond acceptors (Lipinski definition) is 2. The maximum absolute atomic E-state index is 10.9. The summed E-state index contributed by atoms with van der Waals surface area (Å²) in [5, 5.41) is 0.509. The summed E-state index contributed by atoms with van der Waals surface area (Å²) in [4.78, 5) is 10.9. The third kappa shape index (κ3) is 3.08. The summed E-state index contributed by atoms with van der Waals surface area (Å²) in [5.74, 6) is 1.16. The van der Waals surface area contributed by atoms with Crippen molar-refractivity contribution < 1.29 is 9.53 Å². The Hall–Kier alpha value is -1.32.